The molecule has 71 heavy (non-hydrogen) atoms. The average molecular weight is 1000 g/mol. The summed E-state index contributed by atoms with van der Waals surface area (Å²) in [5.74, 6) is 1.91. The minimum absolute atomic E-state index is 0. The van der Waals surface area contributed by atoms with Gasteiger partial charge >= 0.3 is 12.7 Å². The third-order valence-corrected chi connectivity index (χ3v) is 10.5. The summed E-state index contributed by atoms with van der Waals surface area (Å²) in [6.07, 6.45) is -9.23. The Labute approximate surface area is 419 Å². The van der Waals surface area contributed by atoms with Crippen molar-refractivity contribution in [2.24, 2.45) is 0 Å². The molecule has 0 amide bonds. The van der Waals surface area contributed by atoms with Gasteiger partial charge in [-0.1, -0.05) is 175 Å². The number of hydrogen-bond donors (Lipinski definition) is 0. The predicted octanol–water partition coefficient (Wildman–Crippen LogP) is 20.6. The number of aryl methyl sites for hydroxylation is 3. The van der Waals surface area contributed by atoms with Gasteiger partial charge in [0.05, 0.1) is 0 Å². The molecule has 6 aromatic rings. The third kappa shape index (κ3) is 28.1. The van der Waals surface area contributed by atoms with Gasteiger partial charge in [-0.3, -0.25) is 0 Å². The first-order chi connectivity index (χ1) is 32.4. The van der Waals surface area contributed by atoms with Gasteiger partial charge in [-0.15, -0.1) is 26.3 Å². The summed E-state index contributed by atoms with van der Waals surface area (Å²) in [7, 11) is 0. The maximum Gasteiger partial charge on any atom is 0.573 e. The van der Waals surface area contributed by atoms with Crippen LogP contribution in [0.1, 0.15) is 176 Å². The molecule has 0 aliphatic heterocycles. The first-order valence-electron chi connectivity index (χ1n) is 23.4. The van der Waals surface area contributed by atoms with E-state index in [2.05, 4.69) is 89.1 Å². The fourth-order valence-corrected chi connectivity index (χ4v) is 6.14. The van der Waals surface area contributed by atoms with Gasteiger partial charge in [-0.05, 0) is 155 Å². The van der Waals surface area contributed by atoms with Crippen LogP contribution in [0.25, 0.3) is 0 Å². The van der Waals surface area contributed by atoms with Crippen molar-refractivity contribution in [3.05, 3.63) is 201 Å². The number of benzene rings is 6. The fourth-order valence-electron chi connectivity index (χ4n) is 6.14. The summed E-state index contributed by atoms with van der Waals surface area (Å²) in [6, 6.07) is 38.2. The van der Waals surface area contributed by atoms with Crippen molar-refractivity contribution in [1.82, 2.24) is 0 Å². The smallest absolute Gasteiger partial charge is 0.406 e. The van der Waals surface area contributed by atoms with Crippen molar-refractivity contribution in [2.75, 3.05) is 0 Å². The van der Waals surface area contributed by atoms with Crippen LogP contribution in [-0.4, -0.2) is 12.7 Å². The van der Waals surface area contributed by atoms with Crippen molar-refractivity contribution in [3.63, 3.8) is 0 Å². The second-order valence-electron chi connectivity index (χ2n) is 18.7. The van der Waals surface area contributed by atoms with Gasteiger partial charge in [0.1, 0.15) is 29.0 Å². The van der Waals surface area contributed by atoms with Gasteiger partial charge in [-0.25, -0.2) is 13.2 Å². The van der Waals surface area contributed by atoms with Crippen LogP contribution < -0.4 is 9.47 Å². The molecule has 0 spiro atoms. The first kappa shape index (κ1) is 65.3. The molecule has 0 unspecified atom stereocenters. The van der Waals surface area contributed by atoms with Crippen LogP contribution in [0.4, 0.5) is 39.5 Å². The monoisotopic (exact) mass is 1000 g/mol. The van der Waals surface area contributed by atoms with Crippen LogP contribution in [0, 0.1) is 38.2 Å². The number of rotatable bonds is 8. The number of alkyl halides is 6. The summed E-state index contributed by atoms with van der Waals surface area (Å²) >= 11 is 0. The van der Waals surface area contributed by atoms with Gasteiger partial charge in [0, 0.05) is 0 Å². The topological polar surface area (TPSA) is 18.5 Å². The van der Waals surface area contributed by atoms with E-state index >= 15 is 0 Å². The summed E-state index contributed by atoms with van der Waals surface area (Å²) in [6.45, 7) is 30.1. The minimum atomic E-state index is -4.62. The van der Waals surface area contributed by atoms with E-state index in [0.29, 0.717) is 41.1 Å². The second-order valence-corrected chi connectivity index (χ2v) is 18.7. The van der Waals surface area contributed by atoms with E-state index in [9.17, 15) is 39.5 Å². The third-order valence-electron chi connectivity index (χ3n) is 10.5. The Kier molecular flexibility index (Phi) is 29.0. The Bertz CT molecular complexity index is 2340. The van der Waals surface area contributed by atoms with E-state index in [-0.39, 0.29) is 36.4 Å². The lowest BCUT2D eigenvalue weighted by molar-refractivity contribution is -0.275. The zero-order chi connectivity index (χ0) is 53.5. The lowest BCUT2D eigenvalue weighted by Gasteiger charge is -2.13. The van der Waals surface area contributed by atoms with E-state index in [0.717, 1.165) is 27.8 Å². The summed E-state index contributed by atoms with van der Waals surface area (Å²) < 4.78 is 117. The number of hydrogen-bond acceptors (Lipinski definition) is 2. The van der Waals surface area contributed by atoms with Crippen molar-refractivity contribution in [2.45, 2.75) is 160 Å². The van der Waals surface area contributed by atoms with Crippen LogP contribution in [0.15, 0.2) is 133 Å². The normalized spacial score (nSPS) is 10.9. The molecular weight excluding hydrogens is 924 g/mol. The second kappa shape index (κ2) is 31.6. The zero-order valence-corrected chi connectivity index (χ0v) is 43.4. The van der Waals surface area contributed by atoms with E-state index in [1.165, 1.54) is 53.1 Å². The Morgan fingerprint density at radius 2 is 0.732 bits per heavy atom. The Morgan fingerprint density at radius 1 is 0.352 bits per heavy atom. The van der Waals surface area contributed by atoms with Crippen LogP contribution in [0.5, 0.6) is 11.5 Å². The van der Waals surface area contributed by atoms with Crippen LogP contribution in [-0.2, 0) is 0 Å². The molecule has 11 heteroatoms. The molecule has 2 nitrogen and oxygen atoms in total. The largest absolute Gasteiger partial charge is 0.573 e. The molecule has 392 valence electrons. The van der Waals surface area contributed by atoms with Gasteiger partial charge in [0.2, 0.25) is 0 Å². The van der Waals surface area contributed by atoms with Crippen molar-refractivity contribution in [3.8, 4) is 11.5 Å². The highest BCUT2D eigenvalue weighted by Gasteiger charge is 2.32. The molecule has 0 aliphatic rings. The molecule has 6 aromatic carbocycles. The quantitative estimate of drug-likeness (QED) is 0.142. The molecule has 0 saturated carbocycles. The predicted molar refractivity (Wildman–Crippen MR) is 277 cm³/mol. The molecule has 6 rings (SSSR count). The molecule has 0 aliphatic carbocycles. The van der Waals surface area contributed by atoms with E-state index in [1.807, 2.05) is 71.0 Å². The molecule has 0 fully saturated rings. The fraction of sp³-hybridized carbons (Fsp3) is 0.400. The molecule has 0 heterocycles. The van der Waals surface area contributed by atoms with Gasteiger partial charge in [-0.2, -0.15) is 0 Å². The SMILES string of the molecule is C.CC(C)c1ccc(F)cc1.CC(C)c1ccc(OC(F)(F)F)cc1.CC(C)c1ccccc1.Cc1cc(C(C)C)ccc1F.Cc1cc(C(C)C)ccc1OC(F)(F)F.Cc1cc(F)cc(C(C)C)c1. The molecular formula is C60H77F9O2. The van der Waals surface area contributed by atoms with Crippen molar-refractivity contribution in [1.29, 1.82) is 0 Å². The minimum Gasteiger partial charge on any atom is -0.406 e. The summed E-state index contributed by atoms with van der Waals surface area (Å²) in [4.78, 5) is 0. The standard InChI is InChI=1S/C11H13F3O.C10H11F3O.2C10H13F.C9H11F.C9H12.CH4/c1-7(2)9-4-5-10(8(3)6-9)15-11(12,13)14;1-7(2)8-3-5-9(6-4-8)14-10(11,12)13;1-7(2)9-4-8(3)5-10(11)6-9;1-7(2)9-4-5-10(11)8(3)6-9;1-7(2)8-3-5-9(10)6-4-8;1-8(2)9-6-4-3-5-7-9;/h4-7H,1-3H3;3-7H,1-2H3;2*4-7H,1-3H3;3-7H,1-2H3;3-8H,1-2H3;1H4. The highest BCUT2D eigenvalue weighted by Crippen LogP contribution is 2.29. The van der Waals surface area contributed by atoms with Gasteiger partial charge < -0.3 is 9.47 Å². The molecule has 0 N–H and O–H groups in total. The highest BCUT2D eigenvalue weighted by atomic mass is 19.4. The van der Waals surface area contributed by atoms with E-state index in [1.54, 1.807) is 50.2 Å². The Morgan fingerprint density at radius 3 is 1.10 bits per heavy atom. The van der Waals surface area contributed by atoms with Crippen molar-refractivity contribution >= 4 is 0 Å². The van der Waals surface area contributed by atoms with Crippen LogP contribution >= 0.6 is 0 Å². The molecule has 0 aromatic heterocycles. The first-order valence-corrected chi connectivity index (χ1v) is 23.4. The van der Waals surface area contributed by atoms with E-state index in [4.69, 9.17) is 0 Å². The summed E-state index contributed by atoms with van der Waals surface area (Å²) in [5, 5.41) is 0. The molecule has 0 bridgehead atoms. The average Bonchev–Trinajstić information content (AvgIpc) is 3.25. The lowest BCUT2D eigenvalue weighted by Crippen LogP contribution is -2.17. The molecule has 0 atom stereocenters. The Hall–Kier alpha value is -5.71. The van der Waals surface area contributed by atoms with Crippen LogP contribution in [0.2, 0.25) is 0 Å². The maximum absolute atomic E-state index is 12.8. The number of ether oxygens (including phenoxy) is 2. The number of halogens is 9. The van der Waals surface area contributed by atoms with E-state index < -0.39 is 12.7 Å². The molecule has 0 saturated heterocycles. The van der Waals surface area contributed by atoms with Crippen LogP contribution in [0.3, 0.4) is 0 Å². The Balaban J connectivity index is 0.000000832. The zero-order valence-electron chi connectivity index (χ0n) is 43.4. The maximum atomic E-state index is 12.8. The lowest BCUT2D eigenvalue weighted by atomic mass is 10.0. The van der Waals surface area contributed by atoms with Gasteiger partial charge in [0.25, 0.3) is 0 Å². The highest BCUT2D eigenvalue weighted by molar-refractivity contribution is 5.37. The van der Waals surface area contributed by atoms with Gasteiger partial charge in [0.15, 0.2) is 0 Å². The van der Waals surface area contributed by atoms with Crippen molar-refractivity contribution < 1.29 is 49.0 Å². The molecule has 0 radical (unpaired) electrons. The summed E-state index contributed by atoms with van der Waals surface area (Å²) in [5.41, 5.74) is 9.08.